The molecule has 1 atom stereocenters. The van der Waals surface area contributed by atoms with Gasteiger partial charge in [0.2, 0.25) is 15.9 Å². The van der Waals surface area contributed by atoms with Crippen molar-refractivity contribution in [3.63, 3.8) is 0 Å². The molecule has 1 aliphatic heterocycles. The number of rotatable bonds is 6. The second-order valence-electron chi connectivity index (χ2n) is 6.69. The van der Waals surface area contributed by atoms with E-state index in [0.717, 1.165) is 46.3 Å². The number of carbonyl (C=O) groups excluding carboxylic acids is 1. The van der Waals surface area contributed by atoms with Crippen LogP contribution in [0.5, 0.6) is 0 Å². The number of sulfonamides is 1. The Morgan fingerprint density at radius 2 is 2.22 bits per heavy atom. The van der Waals surface area contributed by atoms with Gasteiger partial charge in [0.1, 0.15) is 5.01 Å². The average Bonchev–Trinajstić information content (AvgIpc) is 3.08. The van der Waals surface area contributed by atoms with Gasteiger partial charge in [0.25, 0.3) is 0 Å². The first kappa shape index (κ1) is 20.4. The van der Waals surface area contributed by atoms with Gasteiger partial charge in [0.15, 0.2) is 0 Å². The number of halogens is 1. The van der Waals surface area contributed by atoms with Crippen LogP contribution in [0.1, 0.15) is 25.0 Å². The lowest BCUT2D eigenvalue weighted by Gasteiger charge is -2.35. The monoisotopic (exact) mass is 471 g/mol. The third kappa shape index (κ3) is 5.84. The molecule has 1 aliphatic rings. The number of amides is 1. The van der Waals surface area contributed by atoms with Crippen molar-refractivity contribution in [2.24, 2.45) is 0 Å². The number of likely N-dealkylation sites (tertiary alicyclic amines) is 1. The summed E-state index contributed by atoms with van der Waals surface area (Å²) < 4.78 is 26.3. The number of hydrogen-bond donors (Lipinski definition) is 1. The topological polar surface area (TPSA) is 79.4 Å². The molecule has 6 nitrogen and oxygen atoms in total. The maximum Gasteiger partial charge on any atom is 0.228 e. The standard InChI is InChI=1S/C18H22BrN3O3S2/c1-27(24,25)20-11-16-7-2-3-8-22(16)17(23)10-15-12-26-18(21-15)13-5-4-6-14(19)9-13/h4-6,9,12,16,20H,2-3,7-8,10-11H2,1H3/t16-/m0/s1. The molecule has 0 saturated carbocycles. The van der Waals surface area contributed by atoms with Crippen LogP contribution in [0.15, 0.2) is 34.1 Å². The summed E-state index contributed by atoms with van der Waals surface area (Å²) in [6, 6.07) is 7.82. The molecule has 1 saturated heterocycles. The molecule has 1 amide bonds. The zero-order valence-electron chi connectivity index (χ0n) is 15.0. The molecule has 2 heterocycles. The number of benzene rings is 1. The van der Waals surface area contributed by atoms with E-state index >= 15 is 0 Å². The van der Waals surface area contributed by atoms with Crippen molar-refractivity contribution in [3.05, 3.63) is 39.8 Å². The van der Waals surface area contributed by atoms with Crippen LogP contribution in [0.4, 0.5) is 0 Å². The van der Waals surface area contributed by atoms with E-state index in [1.807, 2.05) is 29.6 Å². The third-order valence-corrected chi connectivity index (χ3v) is 6.61. The minimum absolute atomic E-state index is 0.00101. The summed E-state index contributed by atoms with van der Waals surface area (Å²) in [5.74, 6) is 0.00101. The molecule has 0 radical (unpaired) electrons. The van der Waals surface area contributed by atoms with Gasteiger partial charge in [-0.25, -0.2) is 18.1 Å². The van der Waals surface area contributed by atoms with Crippen molar-refractivity contribution in [1.82, 2.24) is 14.6 Å². The number of nitrogens with zero attached hydrogens (tertiary/aromatic N) is 2. The van der Waals surface area contributed by atoms with E-state index in [2.05, 4.69) is 25.6 Å². The highest BCUT2D eigenvalue weighted by atomic mass is 79.9. The van der Waals surface area contributed by atoms with Gasteiger partial charge in [-0.15, -0.1) is 11.3 Å². The van der Waals surface area contributed by atoms with Crippen molar-refractivity contribution in [2.45, 2.75) is 31.7 Å². The van der Waals surface area contributed by atoms with Gasteiger partial charge in [0.05, 0.1) is 18.4 Å². The van der Waals surface area contributed by atoms with Crippen molar-refractivity contribution in [3.8, 4) is 10.6 Å². The molecule has 2 aromatic rings. The molecule has 0 bridgehead atoms. The highest BCUT2D eigenvalue weighted by molar-refractivity contribution is 9.10. The SMILES string of the molecule is CS(=O)(=O)NC[C@@H]1CCCCN1C(=O)Cc1csc(-c2cccc(Br)c2)n1. The summed E-state index contributed by atoms with van der Waals surface area (Å²) in [4.78, 5) is 19.2. The van der Waals surface area contributed by atoms with Gasteiger partial charge in [-0.3, -0.25) is 4.79 Å². The summed E-state index contributed by atoms with van der Waals surface area (Å²) >= 11 is 4.98. The van der Waals surface area contributed by atoms with Crippen molar-refractivity contribution in [2.75, 3.05) is 19.3 Å². The highest BCUT2D eigenvalue weighted by Gasteiger charge is 2.27. The second-order valence-corrected chi connectivity index (χ2v) is 10.3. The lowest BCUT2D eigenvalue weighted by molar-refractivity contribution is -0.134. The quantitative estimate of drug-likeness (QED) is 0.701. The highest BCUT2D eigenvalue weighted by Crippen LogP contribution is 2.27. The van der Waals surface area contributed by atoms with E-state index in [1.165, 1.54) is 11.3 Å². The molecule has 0 aliphatic carbocycles. The Morgan fingerprint density at radius 1 is 1.41 bits per heavy atom. The smallest absolute Gasteiger partial charge is 0.228 e. The zero-order chi connectivity index (χ0) is 19.4. The number of thiazole rings is 1. The van der Waals surface area contributed by atoms with Gasteiger partial charge < -0.3 is 4.90 Å². The Hall–Kier alpha value is -1.29. The summed E-state index contributed by atoms with van der Waals surface area (Å²) in [6.45, 7) is 0.933. The van der Waals surface area contributed by atoms with Gasteiger partial charge >= 0.3 is 0 Å². The fraction of sp³-hybridized carbons (Fsp3) is 0.444. The van der Waals surface area contributed by atoms with E-state index in [4.69, 9.17) is 0 Å². The number of nitrogens with one attached hydrogen (secondary N) is 1. The predicted molar refractivity (Wildman–Crippen MR) is 111 cm³/mol. The number of hydrogen-bond acceptors (Lipinski definition) is 5. The summed E-state index contributed by atoms with van der Waals surface area (Å²) in [5, 5.41) is 2.80. The Labute approximate surface area is 172 Å². The van der Waals surface area contributed by atoms with Gasteiger partial charge in [0, 0.05) is 34.5 Å². The number of aromatic nitrogens is 1. The second kappa shape index (κ2) is 8.81. The van der Waals surface area contributed by atoms with Crippen LogP contribution in [-0.4, -0.2) is 49.6 Å². The Balaban J connectivity index is 1.66. The van der Waals surface area contributed by atoms with E-state index in [-0.39, 0.29) is 24.9 Å². The fourth-order valence-electron chi connectivity index (χ4n) is 3.19. The largest absolute Gasteiger partial charge is 0.338 e. The Bertz CT molecular complexity index is 914. The lowest BCUT2D eigenvalue weighted by Crippen LogP contribution is -2.49. The molecule has 146 valence electrons. The van der Waals surface area contributed by atoms with Crippen LogP contribution in [0.2, 0.25) is 0 Å². The van der Waals surface area contributed by atoms with Gasteiger partial charge in [-0.05, 0) is 31.4 Å². The van der Waals surface area contributed by atoms with Crippen molar-refractivity contribution >= 4 is 43.2 Å². The molecule has 3 rings (SSSR count). The van der Waals surface area contributed by atoms with E-state index in [9.17, 15) is 13.2 Å². The Morgan fingerprint density at radius 3 is 2.96 bits per heavy atom. The fourth-order valence-corrected chi connectivity index (χ4v) is 4.90. The van der Waals surface area contributed by atoms with Crippen LogP contribution in [0, 0.1) is 0 Å². The summed E-state index contributed by atoms with van der Waals surface area (Å²) in [5.41, 5.74) is 1.77. The lowest BCUT2D eigenvalue weighted by atomic mass is 10.0. The first-order chi connectivity index (χ1) is 12.8. The molecule has 1 fully saturated rings. The first-order valence-electron chi connectivity index (χ1n) is 8.76. The zero-order valence-corrected chi connectivity index (χ0v) is 18.2. The Kier molecular flexibility index (Phi) is 6.67. The van der Waals surface area contributed by atoms with Crippen molar-refractivity contribution < 1.29 is 13.2 Å². The molecule has 9 heteroatoms. The molecule has 1 N–H and O–H groups in total. The third-order valence-electron chi connectivity index (χ3n) is 4.48. The predicted octanol–water partition coefficient (Wildman–Crippen LogP) is 3.05. The minimum Gasteiger partial charge on any atom is -0.338 e. The minimum atomic E-state index is -3.26. The number of carbonyl (C=O) groups is 1. The molecule has 1 aromatic carbocycles. The van der Waals surface area contributed by atoms with Gasteiger partial charge in [-0.2, -0.15) is 0 Å². The molecular formula is C18H22BrN3O3S2. The van der Waals surface area contributed by atoms with Crippen LogP contribution in [0.25, 0.3) is 10.6 Å². The van der Waals surface area contributed by atoms with Crippen LogP contribution in [-0.2, 0) is 21.2 Å². The van der Waals surface area contributed by atoms with E-state index in [1.54, 1.807) is 4.90 Å². The van der Waals surface area contributed by atoms with Crippen LogP contribution in [0.3, 0.4) is 0 Å². The molecule has 27 heavy (non-hydrogen) atoms. The van der Waals surface area contributed by atoms with E-state index in [0.29, 0.717) is 6.54 Å². The summed E-state index contributed by atoms with van der Waals surface area (Å²) in [7, 11) is -3.26. The maximum absolute atomic E-state index is 12.8. The summed E-state index contributed by atoms with van der Waals surface area (Å²) in [6.07, 6.45) is 4.14. The normalized spacial score (nSPS) is 17.9. The molecule has 0 unspecified atom stereocenters. The van der Waals surface area contributed by atoms with E-state index < -0.39 is 10.0 Å². The van der Waals surface area contributed by atoms with Crippen LogP contribution < -0.4 is 4.72 Å². The first-order valence-corrected chi connectivity index (χ1v) is 12.3. The molecular weight excluding hydrogens is 450 g/mol. The average molecular weight is 472 g/mol. The molecule has 0 spiro atoms. The number of piperidine rings is 1. The van der Waals surface area contributed by atoms with Crippen LogP contribution >= 0.6 is 27.3 Å². The maximum atomic E-state index is 12.8. The van der Waals surface area contributed by atoms with Crippen molar-refractivity contribution in [1.29, 1.82) is 0 Å². The van der Waals surface area contributed by atoms with Gasteiger partial charge in [-0.1, -0.05) is 28.1 Å². The molecule has 1 aromatic heterocycles.